The number of thiazole rings is 1. The molecule has 1 aliphatic rings. The summed E-state index contributed by atoms with van der Waals surface area (Å²) in [5, 5.41) is 0.788. The van der Waals surface area contributed by atoms with Crippen molar-refractivity contribution in [3.63, 3.8) is 0 Å². The van der Waals surface area contributed by atoms with Crippen LogP contribution < -0.4 is 0 Å². The van der Waals surface area contributed by atoms with Gasteiger partial charge in [0.05, 0.1) is 17.7 Å². The number of hydrogen-bond donors (Lipinski definition) is 0. The van der Waals surface area contributed by atoms with Gasteiger partial charge in [-0.3, -0.25) is 4.79 Å². The third-order valence-corrected chi connectivity index (χ3v) is 6.60. The Balaban J connectivity index is 1.77. The predicted octanol–water partition coefficient (Wildman–Crippen LogP) is 2.07. The van der Waals surface area contributed by atoms with Crippen LogP contribution in [0.5, 0.6) is 0 Å². The fourth-order valence-electron chi connectivity index (χ4n) is 2.51. The van der Waals surface area contributed by atoms with Gasteiger partial charge in [0, 0.05) is 18.7 Å². The van der Waals surface area contributed by atoms with Crippen molar-refractivity contribution in [2.24, 2.45) is 0 Å². The molecule has 1 aromatic heterocycles. The average Bonchev–Trinajstić information content (AvgIpc) is 3.13. The molecule has 22 heavy (non-hydrogen) atoms. The highest BCUT2D eigenvalue weighted by molar-refractivity contribution is 7.91. The van der Waals surface area contributed by atoms with Gasteiger partial charge in [0.2, 0.25) is 0 Å². The van der Waals surface area contributed by atoms with Crippen LogP contribution in [0.25, 0.3) is 10.6 Å². The van der Waals surface area contributed by atoms with E-state index in [-0.39, 0.29) is 23.5 Å². The number of benzene rings is 1. The summed E-state index contributed by atoms with van der Waals surface area (Å²) in [5.41, 5.74) is 0.970. The van der Waals surface area contributed by atoms with E-state index in [1.165, 1.54) is 16.2 Å². The first-order valence-electron chi connectivity index (χ1n) is 6.95. The Morgan fingerprint density at radius 3 is 2.68 bits per heavy atom. The first-order valence-corrected chi connectivity index (χ1v) is 9.59. The molecule has 0 radical (unpaired) electrons. The van der Waals surface area contributed by atoms with Gasteiger partial charge in [-0.15, -0.1) is 11.3 Å². The standard InChI is InChI=1S/C15H16N2O3S2/c1-17(12-7-8-22(19,20)10-12)15(18)13-9-16-14(21-13)11-5-3-2-4-6-11/h2-6,9,12H,7-8,10H2,1H3. The molecular weight excluding hydrogens is 320 g/mol. The van der Waals surface area contributed by atoms with Crippen LogP contribution in [0.3, 0.4) is 0 Å². The Hall–Kier alpha value is -1.73. The van der Waals surface area contributed by atoms with Gasteiger partial charge in [0.25, 0.3) is 5.91 Å². The third-order valence-electron chi connectivity index (χ3n) is 3.81. The van der Waals surface area contributed by atoms with Crippen molar-refractivity contribution < 1.29 is 13.2 Å². The Bertz CT molecular complexity index is 784. The van der Waals surface area contributed by atoms with Crippen molar-refractivity contribution >= 4 is 27.1 Å². The van der Waals surface area contributed by atoms with Crippen molar-refractivity contribution in [2.45, 2.75) is 12.5 Å². The molecule has 2 aromatic rings. The summed E-state index contributed by atoms with van der Waals surface area (Å²) < 4.78 is 23.1. The van der Waals surface area contributed by atoms with Crippen molar-refractivity contribution in [3.05, 3.63) is 41.4 Å². The number of aromatic nitrogens is 1. The lowest BCUT2D eigenvalue weighted by molar-refractivity contribution is 0.0752. The van der Waals surface area contributed by atoms with Crippen LogP contribution in [0.15, 0.2) is 36.5 Å². The number of hydrogen-bond acceptors (Lipinski definition) is 5. The zero-order valence-electron chi connectivity index (χ0n) is 12.1. The molecule has 3 rings (SSSR count). The predicted molar refractivity (Wildman–Crippen MR) is 86.7 cm³/mol. The van der Waals surface area contributed by atoms with E-state index in [0.717, 1.165) is 10.6 Å². The van der Waals surface area contributed by atoms with E-state index in [1.54, 1.807) is 13.2 Å². The number of rotatable bonds is 3. The van der Waals surface area contributed by atoms with E-state index in [4.69, 9.17) is 0 Å². The Morgan fingerprint density at radius 2 is 2.05 bits per heavy atom. The largest absolute Gasteiger partial charge is 0.337 e. The van der Waals surface area contributed by atoms with Gasteiger partial charge >= 0.3 is 0 Å². The van der Waals surface area contributed by atoms with Crippen LogP contribution in [0.2, 0.25) is 0 Å². The van der Waals surface area contributed by atoms with Gasteiger partial charge in [-0.05, 0) is 6.42 Å². The van der Waals surface area contributed by atoms with E-state index >= 15 is 0 Å². The SMILES string of the molecule is CN(C(=O)c1cnc(-c2ccccc2)s1)C1CCS(=O)(=O)C1. The molecule has 0 aliphatic carbocycles. The lowest BCUT2D eigenvalue weighted by Crippen LogP contribution is -2.37. The lowest BCUT2D eigenvalue weighted by atomic mass is 10.2. The number of nitrogens with zero attached hydrogens (tertiary/aromatic N) is 2. The van der Waals surface area contributed by atoms with Gasteiger partial charge in [-0.2, -0.15) is 0 Å². The first-order chi connectivity index (χ1) is 10.5. The molecule has 1 amide bonds. The molecule has 5 nitrogen and oxygen atoms in total. The molecule has 1 unspecified atom stereocenters. The molecule has 2 heterocycles. The van der Waals surface area contributed by atoms with Crippen molar-refractivity contribution in [2.75, 3.05) is 18.6 Å². The zero-order chi connectivity index (χ0) is 15.7. The Kier molecular flexibility index (Phi) is 4.01. The van der Waals surface area contributed by atoms with Crippen LogP contribution in [-0.4, -0.2) is 48.8 Å². The average molecular weight is 336 g/mol. The molecule has 1 saturated heterocycles. The van der Waals surface area contributed by atoms with E-state index in [2.05, 4.69) is 4.98 Å². The highest BCUT2D eigenvalue weighted by Crippen LogP contribution is 2.27. The van der Waals surface area contributed by atoms with Crippen LogP contribution in [0.4, 0.5) is 0 Å². The quantitative estimate of drug-likeness (QED) is 0.860. The zero-order valence-corrected chi connectivity index (χ0v) is 13.7. The number of amides is 1. The minimum absolute atomic E-state index is 0.0551. The number of carbonyl (C=O) groups excluding carboxylic acids is 1. The summed E-state index contributed by atoms with van der Waals surface area (Å²) in [7, 11) is -1.34. The fourth-order valence-corrected chi connectivity index (χ4v) is 5.19. The maximum Gasteiger partial charge on any atom is 0.265 e. The van der Waals surface area contributed by atoms with Gasteiger partial charge < -0.3 is 4.90 Å². The smallest absolute Gasteiger partial charge is 0.265 e. The topological polar surface area (TPSA) is 67.3 Å². The molecule has 0 bridgehead atoms. The Labute approximate surface area is 133 Å². The normalized spacial score (nSPS) is 20.0. The highest BCUT2D eigenvalue weighted by atomic mass is 32.2. The van der Waals surface area contributed by atoms with Crippen LogP contribution in [0.1, 0.15) is 16.1 Å². The summed E-state index contributed by atoms with van der Waals surface area (Å²) in [6.45, 7) is 0. The molecule has 0 saturated carbocycles. The van der Waals surface area contributed by atoms with Crippen molar-refractivity contribution in [1.82, 2.24) is 9.88 Å². The van der Waals surface area contributed by atoms with Gasteiger partial charge in [0.1, 0.15) is 9.88 Å². The summed E-state index contributed by atoms with van der Waals surface area (Å²) in [6, 6.07) is 9.43. The third kappa shape index (κ3) is 3.05. The van der Waals surface area contributed by atoms with Gasteiger partial charge in [0.15, 0.2) is 9.84 Å². The van der Waals surface area contributed by atoms with Crippen molar-refractivity contribution in [3.8, 4) is 10.6 Å². The molecule has 1 aromatic carbocycles. The second-order valence-electron chi connectivity index (χ2n) is 5.37. The number of sulfone groups is 1. The van der Waals surface area contributed by atoms with Gasteiger partial charge in [-0.1, -0.05) is 30.3 Å². The maximum atomic E-state index is 12.5. The van der Waals surface area contributed by atoms with E-state index in [1.807, 2.05) is 30.3 Å². The molecule has 0 N–H and O–H groups in total. The summed E-state index contributed by atoms with van der Waals surface area (Å²) in [4.78, 5) is 18.9. The minimum Gasteiger partial charge on any atom is -0.337 e. The lowest BCUT2D eigenvalue weighted by Gasteiger charge is -2.22. The molecule has 1 aliphatic heterocycles. The van der Waals surface area contributed by atoms with Crippen LogP contribution >= 0.6 is 11.3 Å². The van der Waals surface area contributed by atoms with E-state index in [0.29, 0.717) is 11.3 Å². The highest BCUT2D eigenvalue weighted by Gasteiger charge is 2.33. The van der Waals surface area contributed by atoms with Crippen LogP contribution in [0, 0.1) is 0 Å². The van der Waals surface area contributed by atoms with E-state index < -0.39 is 9.84 Å². The minimum atomic E-state index is -3.00. The second-order valence-corrected chi connectivity index (χ2v) is 8.63. The first kappa shape index (κ1) is 15.2. The summed E-state index contributed by atoms with van der Waals surface area (Å²) in [5.74, 6) is 0.0501. The van der Waals surface area contributed by atoms with Crippen LogP contribution in [-0.2, 0) is 9.84 Å². The Morgan fingerprint density at radius 1 is 1.32 bits per heavy atom. The molecule has 1 atom stereocenters. The summed E-state index contributed by atoms with van der Waals surface area (Å²) >= 11 is 1.33. The fraction of sp³-hybridized carbons (Fsp3) is 0.333. The second kappa shape index (κ2) is 5.81. The molecular formula is C15H16N2O3S2. The monoisotopic (exact) mass is 336 g/mol. The van der Waals surface area contributed by atoms with Gasteiger partial charge in [-0.25, -0.2) is 13.4 Å². The van der Waals surface area contributed by atoms with Crippen molar-refractivity contribution in [1.29, 1.82) is 0 Å². The maximum absolute atomic E-state index is 12.5. The molecule has 116 valence electrons. The molecule has 0 spiro atoms. The molecule has 7 heteroatoms. The number of carbonyl (C=O) groups is 1. The molecule has 1 fully saturated rings. The summed E-state index contributed by atoms with van der Waals surface area (Å²) in [6.07, 6.45) is 2.07. The van der Waals surface area contributed by atoms with E-state index in [9.17, 15) is 13.2 Å².